The van der Waals surface area contributed by atoms with E-state index in [0.29, 0.717) is 5.69 Å². The molecule has 1 aliphatic rings. The van der Waals surface area contributed by atoms with Crippen molar-refractivity contribution in [2.75, 3.05) is 5.32 Å². The number of nitrogens with zero attached hydrogens (tertiary/aromatic N) is 2. The molecule has 1 heterocycles. The third-order valence-electron chi connectivity index (χ3n) is 4.46. The SMILES string of the molecule is O=C(Nc1nonc1-c1ccc2c(c1)CCCC2)c1ccccc1F. The van der Waals surface area contributed by atoms with E-state index < -0.39 is 11.7 Å². The lowest BCUT2D eigenvalue weighted by Crippen LogP contribution is -2.14. The topological polar surface area (TPSA) is 68.0 Å². The van der Waals surface area contributed by atoms with Crippen molar-refractivity contribution in [1.29, 1.82) is 0 Å². The number of halogens is 1. The fourth-order valence-electron chi connectivity index (χ4n) is 3.16. The summed E-state index contributed by atoms with van der Waals surface area (Å²) in [6, 6.07) is 11.9. The molecule has 0 saturated heterocycles. The van der Waals surface area contributed by atoms with Gasteiger partial charge in [0.2, 0.25) is 5.82 Å². The number of hydrogen-bond donors (Lipinski definition) is 1. The van der Waals surface area contributed by atoms with Crippen molar-refractivity contribution < 1.29 is 13.8 Å². The first kappa shape index (κ1) is 15.5. The Morgan fingerprint density at radius 3 is 2.68 bits per heavy atom. The first-order chi connectivity index (χ1) is 12.2. The quantitative estimate of drug-likeness (QED) is 0.784. The third-order valence-corrected chi connectivity index (χ3v) is 4.46. The molecule has 0 fully saturated rings. The minimum atomic E-state index is -0.591. The summed E-state index contributed by atoms with van der Waals surface area (Å²) >= 11 is 0. The minimum Gasteiger partial charge on any atom is -0.302 e. The number of rotatable bonds is 3. The molecule has 0 saturated carbocycles. The monoisotopic (exact) mass is 337 g/mol. The van der Waals surface area contributed by atoms with Crippen LogP contribution in [0.5, 0.6) is 0 Å². The van der Waals surface area contributed by atoms with E-state index in [4.69, 9.17) is 4.63 Å². The van der Waals surface area contributed by atoms with Gasteiger partial charge in [0.25, 0.3) is 5.91 Å². The molecule has 1 amide bonds. The number of fused-ring (bicyclic) bond motifs is 1. The van der Waals surface area contributed by atoms with Crippen LogP contribution in [-0.4, -0.2) is 16.2 Å². The summed E-state index contributed by atoms with van der Waals surface area (Å²) in [5.74, 6) is -0.996. The molecule has 1 aliphatic carbocycles. The smallest absolute Gasteiger partial charge is 0.259 e. The first-order valence-corrected chi connectivity index (χ1v) is 8.23. The molecule has 0 aliphatic heterocycles. The Morgan fingerprint density at radius 2 is 1.84 bits per heavy atom. The molecule has 1 aromatic heterocycles. The highest BCUT2D eigenvalue weighted by Crippen LogP contribution is 2.30. The number of carbonyl (C=O) groups is 1. The molecule has 0 spiro atoms. The molecular formula is C19H16FN3O2. The largest absolute Gasteiger partial charge is 0.302 e. The molecule has 0 bridgehead atoms. The maximum atomic E-state index is 13.8. The molecule has 25 heavy (non-hydrogen) atoms. The van der Waals surface area contributed by atoms with E-state index in [9.17, 15) is 9.18 Å². The summed E-state index contributed by atoms with van der Waals surface area (Å²) in [7, 11) is 0. The molecule has 5 nitrogen and oxygen atoms in total. The van der Waals surface area contributed by atoms with Crippen molar-refractivity contribution in [2.24, 2.45) is 0 Å². The number of carbonyl (C=O) groups excluding carboxylic acids is 1. The zero-order chi connectivity index (χ0) is 17.2. The molecule has 1 N–H and O–H groups in total. The lowest BCUT2D eigenvalue weighted by atomic mass is 9.90. The predicted octanol–water partition coefficient (Wildman–Crippen LogP) is 4.01. The molecule has 3 aromatic rings. The first-order valence-electron chi connectivity index (χ1n) is 8.23. The summed E-state index contributed by atoms with van der Waals surface area (Å²) in [5, 5.41) is 10.2. The van der Waals surface area contributed by atoms with Gasteiger partial charge in [-0.25, -0.2) is 9.02 Å². The van der Waals surface area contributed by atoms with Gasteiger partial charge in [-0.1, -0.05) is 24.3 Å². The van der Waals surface area contributed by atoms with Crippen LogP contribution in [0.2, 0.25) is 0 Å². The van der Waals surface area contributed by atoms with Gasteiger partial charge in [-0.3, -0.25) is 4.79 Å². The van der Waals surface area contributed by atoms with Crippen molar-refractivity contribution in [3.8, 4) is 11.3 Å². The fourth-order valence-corrected chi connectivity index (χ4v) is 3.16. The number of amides is 1. The van der Waals surface area contributed by atoms with Gasteiger partial charge < -0.3 is 5.32 Å². The van der Waals surface area contributed by atoms with Crippen molar-refractivity contribution in [3.05, 3.63) is 65.0 Å². The summed E-state index contributed by atoms with van der Waals surface area (Å²) in [4.78, 5) is 12.3. The number of hydrogen-bond acceptors (Lipinski definition) is 4. The van der Waals surface area contributed by atoms with Gasteiger partial charge in [0.15, 0.2) is 5.69 Å². The normalized spacial score (nSPS) is 13.3. The van der Waals surface area contributed by atoms with Gasteiger partial charge in [-0.15, -0.1) is 0 Å². The molecule has 2 aromatic carbocycles. The zero-order valence-corrected chi connectivity index (χ0v) is 13.5. The Labute approximate surface area is 143 Å². The molecule has 126 valence electrons. The molecule has 6 heteroatoms. The van der Waals surface area contributed by atoms with E-state index in [1.807, 2.05) is 6.07 Å². The zero-order valence-electron chi connectivity index (χ0n) is 13.5. The van der Waals surface area contributed by atoms with Crippen LogP contribution < -0.4 is 5.32 Å². The third kappa shape index (κ3) is 3.03. The molecule has 0 atom stereocenters. The average Bonchev–Trinajstić information content (AvgIpc) is 3.09. The van der Waals surface area contributed by atoms with Crippen molar-refractivity contribution in [3.63, 3.8) is 0 Å². The predicted molar refractivity (Wildman–Crippen MR) is 90.7 cm³/mol. The van der Waals surface area contributed by atoms with Crippen LogP contribution >= 0.6 is 0 Å². The summed E-state index contributed by atoms with van der Waals surface area (Å²) in [6.07, 6.45) is 4.50. The summed E-state index contributed by atoms with van der Waals surface area (Å²) in [6.45, 7) is 0. The molecule has 4 rings (SSSR count). The van der Waals surface area contributed by atoms with Crippen LogP contribution in [0.3, 0.4) is 0 Å². The lowest BCUT2D eigenvalue weighted by molar-refractivity contribution is 0.102. The van der Waals surface area contributed by atoms with E-state index in [1.54, 1.807) is 6.07 Å². The lowest BCUT2D eigenvalue weighted by Gasteiger charge is -2.16. The highest BCUT2D eigenvalue weighted by atomic mass is 19.1. The van der Waals surface area contributed by atoms with Gasteiger partial charge in [-0.05, 0) is 65.3 Å². The van der Waals surface area contributed by atoms with Crippen LogP contribution in [0.15, 0.2) is 47.1 Å². The van der Waals surface area contributed by atoms with Crippen LogP contribution in [0.25, 0.3) is 11.3 Å². The van der Waals surface area contributed by atoms with Crippen LogP contribution in [-0.2, 0) is 12.8 Å². The van der Waals surface area contributed by atoms with E-state index >= 15 is 0 Å². The van der Waals surface area contributed by atoms with Crippen molar-refractivity contribution in [2.45, 2.75) is 25.7 Å². The van der Waals surface area contributed by atoms with Gasteiger partial charge in [-0.2, -0.15) is 0 Å². The Hall–Kier alpha value is -3.02. The van der Waals surface area contributed by atoms with E-state index in [2.05, 4.69) is 27.8 Å². The van der Waals surface area contributed by atoms with Crippen molar-refractivity contribution in [1.82, 2.24) is 10.3 Å². The Kier molecular flexibility index (Phi) is 4.01. The van der Waals surface area contributed by atoms with Crippen molar-refractivity contribution >= 4 is 11.7 Å². The number of aryl methyl sites for hydroxylation is 2. The summed E-state index contributed by atoms with van der Waals surface area (Å²) in [5.41, 5.74) is 3.85. The number of benzene rings is 2. The Balaban J connectivity index is 1.63. The Bertz CT molecular complexity index is 936. The average molecular weight is 337 g/mol. The molecular weight excluding hydrogens is 321 g/mol. The fraction of sp³-hybridized carbons (Fsp3) is 0.211. The second-order valence-electron chi connectivity index (χ2n) is 6.09. The van der Waals surface area contributed by atoms with E-state index in [0.717, 1.165) is 18.4 Å². The van der Waals surface area contributed by atoms with Gasteiger partial charge in [0.1, 0.15) is 5.82 Å². The maximum Gasteiger partial charge on any atom is 0.259 e. The highest BCUT2D eigenvalue weighted by molar-refractivity contribution is 6.05. The number of aromatic nitrogens is 2. The second kappa shape index (κ2) is 6.47. The number of nitrogens with one attached hydrogen (secondary N) is 1. The Morgan fingerprint density at radius 1 is 1.04 bits per heavy atom. The van der Waals surface area contributed by atoms with E-state index in [1.165, 1.54) is 42.2 Å². The van der Waals surface area contributed by atoms with Gasteiger partial charge in [0.05, 0.1) is 5.56 Å². The van der Waals surface area contributed by atoms with Crippen LogP contribution in [0, 0.1) is 5.82 Å². The standard InChI is InChI=1S/C19H16FN3O2/c20-16-8-4-3-7-15(16)19(24)21-18-17(22-25-23-18)14-10-9-12-5-1-2-6-13(12)11-14/h3-4,7-11H,1-2,5-6H2,(H,21,23,24). The van der Waals surface area contributed by atoms with Gasteiger partial charge >= 0.3 is 0 Å². The highest BCUT2D eigenvalue weighted by Gasteiger charge is 2.19. The second-order valence-corrected chi connectivity index (χ2v) is 6.09. The van der Waals surface area contributed by atoms with Crippen LogP contribution in [0.4, 0.5) is 10.2 Å². The van der Waals surface area contributed by atoms with Gasteiger partial charge in [0, 0.05) is 5.56 Å². The molecule has 0 radical (unpaired) electrons. The summed E-state index contributed by atoms with van der Waals surface area (Å²) < 4.78 is 18.6. The number of anilines is 1. The minimum absolute atomic E-state index is 0.0538. The molecule has 0 unspecified atom stereocenters. The van der Waals surface area contributed by atoms with Crippen LogP contribution in [0.1, 0.15) is 34.3 Å². The van der Waals surface area contributed by atoms with E-state index in [-0.39, 0.29) is 11.4 Å². The maximum absolute atomic E-state index is 13.8.